The number of likely N-dealkylation sites (N-methyl/N-ethyl adjacent to an activating group) is 1. The molecule has 0 atom stereocenters. The van der Waals surface area contributed by atoms with Crippen molar-refractivity contribution in [2.75, 3.05) is 26.7 Å². The minimum Gasteiger partial charge on any atom is -0.492 e. The Bertz CT molecular complexity index is 485. The largest absolute Gasteiger partial charge is 0.492 e. The van der Waals surface area contributed by atoms with Crippen molar-refractivity contribution in [2.45, 2.75) is 51.0 Å². The lowest BCUT2D eigenvalue weighted by Crippen LogP contribution is -2.42. The highest BCUT2D eigenvalue weighted by atomic mass is 19.1. The van der Waals surface area contributed by atoms with E-state index in [0.29, 0.717) is 31.5 Å². The van der Waals surface area contributed by atoms with Gasteiger partial charge in [0.05, 0.1) is 6.54 Å². The van der Waals surface area contributed by atoms with Gasteiger partial charge in [0.2, 0.25) is 5.91 Å². The highest BCUT2D eigenvalue weighted by Crippen LogP contribution is 2.17. The molecule has 1 aromatic rings. The van der Waals surface area contributed by atoms with E-state index in [-0.39, 0.29) is 11.7 Å². The van der Waals surface area contributed by atoms with E-state index in [9.17, 15) is 9.18 Å². The van der Waals surface area contributed by atoms with Crippen LogP contribution >= 0.6 is 0 Å². The fourth-order valence-electron chi connectivity index (χ4n) is 3.05. The molecule has 1 aromatic carbocycles. The molecule has 0 bridgehead atoms. The predicted octanol–water partition coefficient (Wildman–Crippen LogP) is 3.37. The van der Waals surface area contributed by atoms with Crippen LogP contribution in [0.4, 0.5) is 4.39 Å². The summed E-state index contributed by atoms with van der Waals surface area (Å²) in [6.45, 7) is 1.50. The Morgan fingerprint density at radius 1 is 1.17 bits per heavy atom. The predicted molar refractivity (Wildman–Crippen MR) is 93.6 cm³/mol. The summed E-state index contributed by atoms with van der Waals surface area (Å²) in [5.74, 6) is 0.457. The van der Waals surface area contributed by atoms with E-state index in [1.165, 1.54) is 44.2 Å². The Hall–Kier alpha value is -1.62. The molecule has 0 spiro atoms. The summed E-state index contributed by atoms with van der Waals surface area (Å²) in [7, 11) is 1.91. The Morgan fingerprint density at radius 3 is 2.46 bits per heavy atom. The van der Waals surface area contributed by atoms with E-state index in [0.717, 1.165) is 12.8 Å². The summed E-state index contributed by atoms with van der Waals surface area (Å²) in [5, 5.41) is 3.17. The van der Waals surface area contributed by atoms with Crippen molar-refractivity contribution in [1.29, 1.82) is 0 Å². The van der Waals surface area contributed by atoms with Gasteiger partial charge >= 0.3 is 0 Å². The first-order chi connectivity index (χ1) is 11.6. The fourth-order valence-corrected chi connectivity index (χ4v) is 3.05. The smallest absolute Gasteiger partial charge is 0.234 e. The first-order valence-corrected chi connectivity index (χ1v) is 9.00. The van der Waals surface area contributed by atoms with E-state index < -0.39 is 0 Å². The van der Waals surface area contributed by atoms with Crippen molar-refractivity contribution in [3.05, 3.63) is 30.1 Å². The molecule has 1 amide bonds. The van der Waals surface area contributed by atoms with Gasteiger partial charge in [-0.2, -0.15) is 0 Å². The molecule has 1 saturated carbocycles. The van der Waals surface area contributed by atoms with Gasteiger partial charge in [-0.05, 0) is 44.2 Å². The molecular weight excluding hydrogens is 307 g/mol. The van der Waals surface area contributed by atoms with Crippen molar-refractivity contribution < 1.29 is 13.9 Å². The van der Waals surface area contributed by atoms with Crippen LogP contribution in [-0.2, 0) is 4.79 Å². The molecule has 1 fully saturated rings. The van der Waals surface area contributed by atoms with Crippen LogP contribution in [0.25, 0.3) is 0 Å². The molecule has 24 heavy (non-hydrogen) atoms. The number of hydrogen-bond donors (Lipinski definition) is 1. The van der Waals surface area contributed by atoms with Gasteiger partial charge in [-0.15, -0.1) is 0 Å². The highest BCUT2D eigenvalue weighted by Gasteiger charge is 2.15. The number of nitrogens with one attached hydrogen (secondary N) is 1. The Labute approximate surface area is 144 Å². The normalized spacial score (nSPS) is 16.5. The third-order valence-corrected chi connectivity index (χ3v) is 4.44. The van der Waals surface area contributed by atoms with Gasteiger partial charge in [-0.3, -0.25) is 9.69 Å². The lowest BCUT2D eigenvalue weighted by Gasteiger charge is -2.23. The van der Waals surface area contributed by atoms with Crippen LogP contribution in [0, 0.1) is 5.82 Å². The third kappa shape index (κ3) is 7.30. The Morgan fingerprint density at radius 2 is 1.79 bits per heavy atom. The molecule has 4 nitrogen and oxygen atoms in total. The number of nitrogens with zero attached hydrogens (tertiary/aromatic N) is 1. The van der Waals surface area contributed by atoms with Gasteiger partial charge in [0.15, 0.2) is 0 Å². The van der Waals surface area contributed by atoms with Crippen LogP contribution in [0.2, 0.25) is 0 Å². The lowest BCUT2D eigenvalue weighted by molar-refractivity contribution is -0.122. The van der Waals surface area contributed by atoms with E-state index in [2.05, 4.69) is 5.32 Å². The average molecular weight is 336 g/mol. The van der Waals surface area contributed by atoms with Crippen LogP contribution in [0.5, 0.6) is 5.75 Å². The summed E-state index contributed by atoms with van der Waals surface area (Å²) in [6, 6.07) is 6.30. The number of benzene rings is 1. The molecule has 0 saturated heterocycles. The van der Waals surface area contributed by atoms with Gasteiger partial charge in [0.25, 0.3) is 0 Å². The monoisotopic (exact) mass is 336 g/mol. The van der Waals surface area contributed by atoms with Gasteiger partial charge in [0.1, 0.15) is 18.2 Å². The van der Waals surface area contributed by atoms with Gasteiger partial charge in [0, 0.05) is 12.6 Å². The number of halogens is 1. The molecule has 0 heterocycles. The SMILES string of the molecule is CN(CCOc1ccc(F)cc1)CC(=O)NC1CCCCCCC1. The summed E-state index contributed by atoms with van der Waals surface area (Å²) >= 11 is 0. The zero-order valence-corrected chi connectivity index (χ0v) is 14.6. The maximum Gasteiger partial charge on any atom is 0.234 e. The zero-order valence-electron chi connectivity index (χ0n) is 14.6. The minimum absolute atomic E-state index is 0.0878. The van der Waals surface area contributed by atoms with Crippen LogP contribution in [0.3, 0.4) is 0 Å². The summed E-state index contributed by atoms with van der Waals surface area (Å²) in [6.07, 6.45) is 8.53. The topological polar surface area (TPSA) is 41.6 Å². The van der Waals surface area contributed by atoms with Crippen LogP contribution in [-0.4, -0.2) is 43.6 Å². The maximum atomic E-state index is 12.8. The van der Waals surface area contributed by atoms with E-state index >= 15 is 0 Å². The second kappa shape index (κ2) is 10.3. The molecule has 5 heteroatoms. The summed E-state index contributed by atoms with van der Waals surface area (Å²) in [5.41, 5.74) is 0. The van der Waals surface area contributed by atoms with Crippen LogP contribution in [0.1, 0.15) is 44.9 Å². The second-order valence-electron chi connectivity index (χ2n) is 6.65. The zero-order chi connectivity index (χ0) is 17.2. The Balaban J connectivity index is 1.62. The molecule has 0 radical (unpaired) electrons. The van der Waals surface area contributed by atoms with Crippen LogP contribution < -0.4 is 10.1 Å². The standard InChI is InChI=1S/C19H29FN2O2/c1-22(13-14-24-18-11-9-16(20)10-12-18)15-19(23)21-17-7-5-3-2-4-6-8-17/h9-12,17H,2-8,13-15H2,1H3,(H,21,23). The number of carbonyl (C=O) groups excluding carboxylic acids is 1. The fraction of sp³-hybridized carbons (Fsp3) is 0.632. The Kier molecular flexibility index (Phi) is 8.02. The van der Waals surface area contributed by atoms with Crippen molar-refractivity contribution >= 4 is 5.91 Å². The molecule has 0 aromatic heterocycles. The lowest BCUT2D eigenvalue weighted by atomic mass is 9.97. The van der Waals surface area contributed by atoms with E-state index in [1.807, 2.05) is 11.9 Å². The van der Waals surface area contributed by atoms with Crippen molar-refractivity contribution in [1.82, 2.24) is 10.2 Å². The number of carbonyl (C=O) groups is 1. The molecular formula is C19H29FN2O2. The van der Waals surface area contributed by atoms with Crippen molar-refractivity contribution in [3.8, 4) is 5.75 Å². The van der Waals surface area contributed by atoms with Crippen molar-refractivity contribution in [3.63, 3.8) is 0 Å². The second-order valence-corrected chi connectivity index (χ2v) is 6.65. The van der Waals surface area contributed by atoms with Gasteiger partial charge in [-0.1, -0.05) is 32.1 Å². The molecule has 1 N–H and O–H groups in total. The molecule has 1 aliphatic carbocycles. The first-order valence-electron chi connectivity index (χ1n) is 9.00. The molecule has 134 valence electrons. The van der Waals surface area contributed by atoms with Crippen molar-refractivity contribution in [2.24, 2.45) is 0 Å². The van der Waals surface area contributed by atoms with Gasteiger partial charge in [-0.25, -0.2) is 4.39 Å². The van der Waals surface area contributed by atoms with Crippen LogP contribution in [0.15, 0.2) is 24.3 Å². The third-order valence-electron chi connectivity index (χ3n) is 4.44. The average Bonchev–Trinajstić information content (AvgIpc) is 2.52. The minimum atomic E-state index is -0.273. The first kappa shape index (κ1) is 18.7. The number of ether oxygens (including phenoxy) is 1. The summed E-state index contributed by atoms with van der Waals surface area (Å²) in [4.78, 5) is 14.1. The van der Waals surface area contributed by atoms with E-state index in [4.69, 9.17) is 4.74 Å². The number of hydrogen-bond acceptors (Lipinski definition) is 3. The molecule has 0 unspecified atom stereocenters. The molecule has 2 rings (SSSR count). The highest BCUT2D eigenvalue weighted by molar-refractivity contribution is 5.78. The maximum absolute atomic E-state index is 12.8. The number of amides is 1. The quantitative estimate of drug-likeness (QED) is 0.830. The van der Waals surface area contributed by atoms with E-state index in [1.54, 1.807) is 12.1 Å². The molecule has 1 aliphatic rings. The number of rotatable bonds is 7. The molecule has 0 aliphatic heterocycles. The summed E-state index contributed by atoms with van der Waals surface area (Å²) < 4.78 is 18.4. The van der Waals surface area contributed by atoms with Gasteiger partial charge < -0.3 is 10.1 Å².